The number of carbonyl (C=O) groups is 1. The molecule has 88 valence electrons. The Morgan fingerprint density at radius 1 is 1.31 bits per heavy atom. The van der Waals surface area contributed by atoms with Crippen LogP contribution in [0.1, 0.15) is 11.5 Å². The molecule has 0 unspecified atom stereocenters. The largest absolute Gasteiger partial charge is 0.493 e. The molecule has 0 aliphatic rings. The van der Waals surface area contributed by atoms with Crippen molar-refractivity contribution in [1.29, 1.82) is 0 Å². The van der Waals surface area contributed by atoms with E-state index in [2.05, 4.69) is 0 Å². The van der Waals surface area contributed by atoms with Crippen molar-refractivity contribution in [2.75, 3.05) is 20.8 Å². The normalized spacial score (nSPS) is 11.9. The fourth-order valence-corrected chi connectivity index (χ4v) is 1.40. The van der Waals surface area contributed by atoms with Crippen molar-refractivity contribution in [2.45, 2.75) is 5.92 Å². The van der Waals surface area contributed by atoms with Gasteiger partial charge in [-0.3, -0.25) is 4.79 Å². The van der Waals surface area contributed by atoms with Crippen LogP contribution in [0.5, 0.6) is 11.5 Å². The van der Waals surface area contributed by atoms with E-state index >= 15 is 0 Å². The molecule has 0 amide bonds. The van der Waals surface area contributed by atoms with E-state index in [0.29, 0.717) is 17.1 Å². The lowest BCUT2D eigenvalue weighted by Gasteiger charge is -2.13. The summed E-state index contributed by atoms with van der Waals surface area (Å²) < 4.78 is 10.1. The van der Waals surface area contributed by atoms with Crippen molar-refractivity contribution in [3.8, 4) is 11.5 Å². The van der Waals surface area contributed by atoms with Gasteiger partial charge in [0.2, 0.25) is 0 Å². The van der Waals surface area contributed by atoms with Crippen LogP contribution in [-0.2, 0) is 4.79 Å². The number of hydrogen-bond acceptors (Lipinski definition) is 4. The molecule has 0 fully saturated rings. The quantitative estimate of drug-likeness (QED) is 0.778. The molecule has 0 spiro atoms. The fraction of sp³-hybridized carbons (Fsp3) is 0.364. The molecular weight excluding hydrogens is 212 g/mol. The Kier molecular flexibility index (Phi) is 4.13. The molecule has 2 N–H and O–H groups in total. The zero-order chi connectivity index (χ0) is 12.1. The standard InChI is InChI=1S/C11H14O5/c1-15-9-4-3-7(5-10(9)16-2)8(6-12)11(13)14/h3-5,8,12H,6H2,1-2H3,(H,13,14)/t8-/m1/s1. The molecule has 0 aliphatic heterocycles. The molecule has 16 heavy (non-hydrogen) atoms. The summed E-state index contributed by atoms with van der Waals surface area (Å²) >= 11 is 0. The van der Waals surface area contributed by atoms with Gasteiger partial charge in [-0.2, -0.15) is 0 Å². The highest BCUT2D eigenvalue weighted by Crippen LogP contribution is 2.30. The molecular formula is C11H14O5. The number of carboxylic acids is 1. The molecule has 0 bridgehead atoms. The molecule has 1 atom stereocenters. The Bertz CT molecular complexity index is 375. The molecule has 0 heterocycles. The zero-order valence-electron chi connectivity index (χ0n) is 9.14. The number of methoxy groups -OCH3 is 2. The van der Waals surface area contributed by atoms with Gasteiger partial charge in [-0.15, -0.1) is 0 Å². The molecule has 5 heteroatoms. The third kappa shape index (κ3) is 2.43. The first-order valence-electron chi connectivity index (χ1n) is 4.69. The first-order chi connectivity index (χ1) is 7.63. The second-order valence-corrected chi connectivity index (χ2v) is 3.19. The molecule has 1 aromatic rings. The van der Waals surface area contributed by atoms with E-state index in [1.165, 1.54) is 14.2 Å². The number of ether oxygens (including phenoxy) is 2. The van der Waals surface area contributed by atoms with Crippen LogP contribution in [0.25, 0.3) is 0 Å². The van der Waals surface area contributed by atoms with Crippen LogP contribution in [0.3, 0.4) is 0 Å². The summed E-state index contributed by atoms with van der Waals surface area (Å²) in [5.74, 6) is -1.05. The van der Waals surface area contributed by atoms with Gasteiger partial charge in [0.15, 0.2) is 11.5 Å². The SMILES string of the molecule is COc1ccc([C@@H](CO)C(=O)O)cc1OC. The van der Waals surface area contributed by atoms with Gasteiger partial charge < -0.3 is 19.7 Å². The van der Waals surface area contributed by atoms with Gasteiger partial charge in [0.25, 0.3) is 0 Å². The van der Waals surface area contributed by atoms with E-state index < -0.39 is 18.5 Å². The van der Waals surface area contributed by atoms with Crippen LogP contribution in [0.15, 0.2) is 18.2 Å². The highest BCUT2D eigenvalue weighted by atomic mass is 16.5. The van der Waals surface area contributed by atoms with Gasteiger partial charge in [0.05, 0.1) is 20.8 Å². The topological polar surface area (TPSA) is 76.0 Å². The fourth-order valence-electron chi connectivity index (χ4n) is 1.40. The van der Waals surface area contributed by atoms with Crippen molar-refractivity contribution in [3.05, 3.63) is 23.8 Å². The van der Waals surface area contributed by atoms with Gasteiger partial charge in [-0.05, 0) is 17.7 Å². The van der Waals surface area contributed by atoms with Crippen LogP contribution >= 0.6 is 0 Å². The van der Waals surface area contributed by atoms with Crippen molar-refractivity contribution >= 4 is 5.97 Å². The van der Waals surface area contributed by atoms with E-state index in [1.54, 1.807) is 18.2 Å². The monoisotopic (exact) mass is 226 g/mol. The zero-order valence-corrected chi connectivity index (χ0v) is 9.14. The van der Waals surface area contributed by atoms with E-state index in [-0.39, 0.29) is 0 Å². The third-order valence-corrected chi connectivity index (χ3v) is 2.29. The highest BCUT2D eigenvalue weighted by molar-refractivity contribution is 5.76. The van der Waals surface area contributed by atoms with Crippen LogP contribution in [0.4, 0.5) is 0 Å². The minimum absolute atomic E-state index is 0.444. The number of aliphatic carboxylic acids is 1. The van der Waals surface area contributed by atoms with Crippen molar-refractivity contribution in [2.24, 2.45) is 0 Å². The summed E-state index contributed by atoms with van der Waals surface area (Å²) in [6.45, 7) is -0.454. The van der Waals surface area contributed by atoms with Crippen LogP contribution in [0, 0.1) is 0 Å². The van der Waals surface area contributed by atoms with Gasteiger partial charge in [-0.25, -0.2) is 0 Å². The molecule has 0 aromatic heterocycles. The Morgan fingerprint density at radius 3 is 2.38 bits per heavy atom. The molecule has 0 radical (unpaired) electrons. The van der Waals surface area contributed by atoms with Crippen LogP contribution < -0.4 is 9.47 Å². The predicted molar refractivity (Wildman–Crippen MR) is 57.0 cm³/mol. The summed E-state index contributed by atoms with van der Waals surface area (Å²) in [6.07, 6.45) is 0. The van der Waals surface area contributed by atoms with E-state index in [1.807, 2.05) is 0 Å². The maximum atomic E-state index is 10.9. The lowest BCUT2D eigenvalue weighted by atomic mass is 10.00. The number of benzene rings is 1. The smallest absolute Gasteiger partial charge is 0.313 e. The molecule has 0 saturated heterocycles. The van der Waals surface area contributed by atoms with Crippen molar-refractivity contribution in [1.82, 2.24) is 0 Å². The maximum absolute atomic E-state index is 10.9. The minimum atomic E-state index is -1.07. The van der Waals surface area contributed by atoms with Crippen LogP contribution in [-0.4, -0.2) is 37.0 Å². The molecule has 1 aromatic carbocycles. The summed E-state index contributed by atoms with van der Waals surface area (Å²) in [7, 11) is 2.97. The van der Waals surface area contributed by atoms with Gasteiger partial charge in [-0.1, -0.05) is 6.07 Å². The van der Waals surface area contributed by atoms with Crippen molar-refractivity contribution in [3.63, 3.8) is 0 Å². The predicted octanol–water partition coefficient (Wildman–Crippen LogP) is 0.864. The first-order valence-corrected chi connectivity index (χ1v) is 4.69. The molecule has 1 rings (SSSR count). The number of aliphatic hydroxyl groups is 1. The Balaban J connectivity index is 3.11. The van der Waals surface area contributed by atoms with Gasteiger partial charge in [0.1, 0.15) is 5.92 Å². The minimum Gasteiger partial charge on any atom is -0.493 e. The number of rotatable bonds is 5. The van der Waals surface area contributed by atoms with E-state index in [9.17, 15) is 4.79 Å². The highest BCUT2D eigenvalue weighted by Gasteiger charge is 2.20. The molecule has 5 nitrogen and oxygen atoms in total. The van der Waals surface area contributed by atoms with E-state index in [0.717, 1.165) is 0 Å². The lowest BCUT2D eigenvalue weighted by molar-refractivity contribution is -0.139. The summed E-state index contributed by atoms with van der Waals surface area (Å²) in [5, 5.41) is 17.9. The average molecular weight is 226 g/mol. The lowest BCUT2D eigenvalue weighted by Crippen LogP contribution is -2.15. The number of aliphatic hydroxyl groups excluding tert-OH is 1. The number of hydrogen-bond donors (Lipinski definition) is 2. The van der Waals surface area contributed by atoms with Gasteiger partial charge in [0, 0.05) is 0 Å². The number of carboxylic acid groups (broad SMARTS) is 1. The average Bonchev–Trinajstić information content (AvgIpc) is 2.29. The molecule has 0 saturated carbocycles. The van der Waals surface area contributed by atoms with E-state index in [4.69, 9.17) is 19.7 Å². The Morgan fingerprint density at radius 2 is 1.94 bits per heavy atom. The van der Waals surface area contributed by atoms with Gasteiger partial charge >= 0.3 is 5.97 Å². The second kappa shape index (κ2) is 5.37. The second-order valence-electron chi connectivity index (χ2n) is 3.19. The molecule has 0 aliphatic carbocycles. The summed E-state index contributed by atoms with van der Waals surface area (Å²) in [4.78, 5) is 10.9. The van der Waals surface area contributed by atoms with Crippen LogP contribution in [0.2, 0.25) is 0 Å². The third-order valence-electron chi connectivity index (χ3n) is 2.29. The Hall–Kier alpha value is -1.75. The Labute approximate surface area is 93.2 Å². The summed E-state index contributed by atoms with van der Waals surface area (Å²) in [5.41, 5.74) is 0.479. The first kappa shape index (κ1) is 12.3. The van der Waals surface area contributed by atoms with Crippen molar-refractivity contribution < 1.29 is 24.5 Å². The summed E-state index contributed by atoms with van der Waals surface area (Å²) in [6, 6.07) is 4.75. The maximum Gasteiger partial charge on any atom is 0.313 e.